The molecular formula is C14H12BrN3O2S. The van der Waals surface area contributed by atoms with Crippen LogP contribution in [0.15, 0.2) is 51.4 Å². The molecule has 1 aromatic carbocycles. The highest BCUT2D eigenvalue weighted by Gasteiger charge is 2.07. The molecule has 7 heteroatoms. The Morgan fingerprint density at radius 2 is 2.14 bits per heavy atom. The van der Waals surface area contributed by atoms with E-state index in [2.05, 4.69) is 31.8 Å². The molecule has 0 fully saturated rings. The Labute approximate surface area is 134 Å². The number of nitrogens with one attached hydrogen (secondary N) is 2. The SMILES string of the molecule is O=C(CNC(=O)c1cccs1)N/N=C/c1cccc(Br)c1. The summed E-state index contributed by atoms with van der Waals surface area (Å²) in [4.78, 5) is 23.7. The maximum Gasteiger partial charge on any atom is 0.261 e. The van der Waals surface area contributed by atoms with Crippen LogP contribution in [0.3, 0.4) is 0 Å². The standard InChI is InChI=1S/C14H12BrN3O2S/c15-11-4-1-3-10(7-11)8-17-18-13(19)9-16-14(20)12-5-2-6-21-12/h1-8H,9H2,(H,16,20)(H,18,19)/b17-8+. The van der Waals surface area contributed by atoms with Crippen molar-refractivity contribution in [3.05, 3.63) is 56.7 Å². The molecule has 2 rings (SSSR count). The number of hydrazone groups is 1. The van der Waals surface area contributed by atoms with E-state index in [-0.39, 0.29) is 18.4 Å². The lowest BCUT2D eigenvalue weighted by atomic mass is 10.2. The molecule has 2 N–H and O–H groups in total. The molecule has 0 aliphatic carbocycles. The van der Waals surface area contributed by atoms with Gasteiger partial charge in [-0.1, -0.05) is 34.1 Å². The minimum Gasteiger partial charge on any atom is -0.342 e. The molecular weight excluding hydrogens is 354 g/mol. The first-order valence-corrected chi connectivity index (χ1v) is 7.71. The summed E-state index contributed by atoms with van der Waals surface area (Å²) in [6.07, 6.45) is 1.53. The van der Waals surface area contributed by atoms with E-state index in [4.69, 9.17) is 0 Å². The molecule has 0 spiro atoms. The van der Waals surface area contributed by atoms with Gasteiger partial charge in [-0.25, -0.2) is 5.43 Å². The zero-order valence-electron chi connectivity index (χ0n) is 10.9. The van der Waals surface area contributed by atoms with E-state index in [0.29, 0.717) is 4.88 Å². The second kappa shape index (κ2) is 7.70. The fourth-order valence-corrected chi connectivity index (χ4v) is 2.52. The van der Waals surface area contributed by atoms with Crippen LogP contribution in [0, 0.1) is 0 Å². The molecule has 5 nitrogen and oxygen atoms in total. The molecule has 2 aromatic rings. The first-order chi connectivity index (χ1) is 10.1. The number of carbonyl (C=O) groups excluding carboxylic acids is 2. The summed E-state index contributed by atoms with van der Waals surface area (Å²) >= 11 is 4.67. The van der Waals surface area contributed by atoms with Gasteiger partial charge in [0.05, 0.1) is 17.6 Å². The van der Waals surface area contributed by atoms with Gasteiger partial charge >= 0.3 is 0 Å². The summed E-state index contributed by atoms with van der Waals surface area (Å²) in [5, 5.41) is 8.15. The smallest absolute Gasteiger partial charge is 0.261 e. The van der Waals surface area contributed by atoms with Gasteiger partial charge in [-0.3, -0.25) is 9.59 Å². The maximum absolute atomic E-state index is 11.6. The van der Waals surface area contributed by atoms with Crippen LogP contribution in [0.1, 0.15) is 15.2 Å². The molecule has 0 bridgehead atoms. The van der Waals surface area contributed by atoms with Crippen molar-refractivity contribution in [2.75, 3.05) is 6.54 Å². The average molecular weight is 366 g/mol. The van der Waals surface area contributed by atoms with Crippen molar-refractivity contribution < 1.29 is 9.59 Å². The van der Waals surface area contributed by atoms with Gasteiger partial charge in [-0.2, -0.15) is 5.10 Å². The van der Waals surface area contributed by atoms with Crippen LogP contribution < -0.4 is 10.7 Å². The van der Waals surface area contributed by atoms with Crippen molar-refractivity contribution in [3.8, 4) is 0 Å². The van der Waals surface area contributed by atoms with Gasteiger partial charge in [0.25, 0.3) is 11.8 Å². The van der Waals surface area contributed by atoms with Crippen molar-refractivity contribution in [2.24, 2.45) is 5.10 Å². The van der Waals surface area contributed by atoms with Crippen LogP contribution in [-0.2, 0) is 4.79 Å². The van der Waals surface area contributed by atoms with Gasteiger partial charge in [0.2, 0.25) is 0 Å². The predicted molar refractivity (Wildman–Crippen MR) is 86.5 cm³/mol. The Balaban J connectivity index is 1.76. The molecule has 0 saturated carbocycles. The van der Waals surface area contributed by atoms with Gasteiger partial charge in [-0.15, -0.1) is 11.3 Å². The van der Waals surface area contributed by atoms with E-state index in [1.54, 1.807) is 17.5 Å². The van der Waals surface area contributed by atoms with Gasteiger partial charge in [0.1, 0.15) is 0 Å². The Hall–Kier alpha value is -1.99. The zero-order valence-corrected chi connectivity index (χ0v) is 13.3. The molecule has 2 amide bonds. The van der Waals surface area contributed by atoms with Gasteiger partial charge < -0.3 is 5.32 Å². The predicted octanol–water partition coefficient (Wildman–Crippen LogP) is 2.39. The summed E-state index contributed by atoms with van der Waals surface area (Å²) in [6.45, 7) is -0.118. The molecule has 108 valence electrons. The van der Waals surface area contributed by atoms with Crippen LogP contribution in [0.5, 0.6) is 0 Å². The van der Waals surface area contributed by atoms with Gasteiger partial charge in [0.15, 0.2) is 0 Å². The molecule has 0 aliphatic rings. The lowest BCUT2D eigenvalue weighted by Gasteiger charge is -2.02. The van der Waals surface area contributed by atoms with E-state index in [1.165, 1.54) is 17.6 Å². The van der Waals surface area contributed by atoms with Crippen LogP contribution >= 0.6 is 27.3 Å². The van der Waals surface area contributed by atoms with Crippen molar-refractivity contribution in [3.63, 3.8) is 0 Å². The van der Waals surface area contributed by atoms with Crippen molar-refractivity contribution >= 4 is 45.3 Å². The average Bonchev–Trinajstić information content (AvgIpc) is 2.99. The second-order valence-corrected chi connectivity index (χ2v) is 5.87. The van der Waals surface area contributed by atoms with Crippen LogP contribution in [-0.4, -0.2) is 24.6 Å². The summed E-state index contributed by atoms with van der Waals surface area (Å²) in [5.74, 6) is -0.651. The zero-order chi connectivity index (χ0) is 15.1. The molecule has 0 aliphatic heterocycles. The fraction of sp³-hybridized carbons (Fsp3) is 0.0714. The third-order valence-electron chi connectivity index (χ3n) is 2.41. The first-order valence-electron chi connectivity index (χ1n) is 6.04. The third-order valence-corrected chi connectivity index (χ3v) is 3.77. The van der Waals surface area contributed by atoms with Crippen molar-refractivity contribution in [1.29, 1.82) is 0 Å². The highest BCUT2D eigenvalue weighted by Crippen LogP contribution is 2.09. The number of carbonyl (C=O) groups is 2. The largest absolute Gasteiger partial charge is 0.342 e. The number of rotatable bonds is 5. The van der Waals surface area contributed by atoms with Crippen molar-refractivity contribution in [1.82, 2.24) is 10.7 Å². The highest BCUT2D eigenvalue weighted by atomic mass is 79.9. The molecule has 21 heavy (non-hydrogen) atoms. The minimum atomic E-state index is -0.383. The minimum absolute atomic E-state index is 0.118. The topological polar surface area (TPSA) is 70.6 Å². The number of hydrogen-bond donors (Lipinski definition) is 2. The first kappa shape index (κ1) is 15.4. The van der Waals surface area contributed by atoms with E-state index >= 15 is 0 Å². The Morgan fingerprint density at radius 3 is 2.86 bits per heavy atom. The summed E-state index contributed by atoms with van der Waals surface area (Å²) < 4.78 is 0.931. The number of thiophene rings is 1. The van der Waals surface area contributed by atoms with E-state index < -0.39 is 0 Å². The van der Waals surface area contributed by atoms with E-state index in [9.17, 15) is 9.59 Å². The molecule has 1 aromatic heterocycles. The third kappa shape index (κ3) is 5.13. The number of hydrogen-bond acceptors (Lipinski definition) is 4. The molecule has 0 saturated heterocycles. The second-order valence-electron chi connectivity index (χ2n) is 4.01. The monoisotopic (exact) mass is 365 g/mol. The Kier molecular flexibility index (Phi) is 5.65. The number of nitrogens with zero attached hydrogens (tertiary/aromatic N) is 1. The van der Waals surface area contributed by atoms with E-state index in [1.807, 2.05) is 24.3 Å². The van der Waals surface area contributed by atoms with Crippen LogP contribution in [0.2, 0.25) is 0 Å². The van der Waals surface area contributed by atoms with Crippen LogP contribution in [0.25, 0.3) is 0 Å². The molecule has 0 radical (unpaired) electrons. The summed E-state index contributed by atoms with van der Waals surface area (Å²) in [7, 11) is 0. The molecule has 0 unspecified atom stereocenters. The quantitative estimate of drug-likeness (QED) is 0.630. The van der Waals surface area contributed by atoms with Gasteiger partial charge in [-0.05, 0) is 29.1 Å². The lowest BCUT2D eigenvalue weighted by Crippen LogP contribution is -2.34. The summed E-state index contributed by atoms with van der Waals surface area (Å²) in [6, 6.07) is 11.0. The number of amides is 2. The lowest BCUT2D eigenvalue weighted by molar-refractivity contribution is -0.120. The van der Waals surface area contributed by atoms with E-state index in [0.717, 1.165) is 10.0 Å². The number of halogens is 1. The highest BCUT2D eigenvalue weighted by molar-refractivity contribution is 9.10. The fourth-order valence-electron chi connectivity index (χ4n) is 1.46. The Morgan fingerprint density at radius 1 is 1.29 bits per heavy atom. The van der Waals surface area contributed by atoms with Crippen molar-refractivity contribution in [2.45, 2.75) is 0 Å². The summed E-state index contributed by atoms with van der Waals surface area (Å²) in [5.41, 5.74) is 3.21. The maximum atomic E-state index is 11.6. The van der Waals surface area contributed by atoms with Crippen LogP contribution in [0.4, 0.5) is 0 Å². The number of benzene rings is 1. The molecule has 0 atom stereocenters. The normalized spacial score (nSPS) is 10.5. The Bertz CT molecular complexity index is 656. The molecule has 1 heterocycles. The van der Waals surface area contributed by atoms with Gasteiger partial charge in [0, 0.05) is 4.47 Å².